The predicted octanol–water partition coefficient (Wildman–Crippen LogP) is 4.03. The minimum absolute atomic E-state index is 0.514. The van der Waals surface area contributed by atoms with Gasteiger partial charge in [0.1, 0.15) is 18.2 Å². The van der Waals surface area contributed by atoms with Crippen molar-refractivity contribution in [1.82, 2.24) is 9.97 Å². The van der Waals surface area contributed by atoms with Crippen molar-refractivity contribution in [3.05, 3.63) is 90.3 Å². The minimum atomic E-state index is -0.684. The fourth-order valence-electron chi connectivity index (χ4n) is 3.11. The molecule has 1 unspecified atom stereocenters. The number of benzene rings is 3. The molecule has 1 amide bonds. The van der Waals surface area contributed by atoms with Gasteiger partial charge in [0, 0.05) is 16.8 Å². The Morgan fingerprint density at radius 1 is 0.933 bits per heavy atom. The van der Waals surface area contributed by atoms with Gasteiger partial charge in [-0.25, -0.2) is 9.97 Å². The van der Waals surface area contributed by atoms with E-state index in [0.717, 1.165) is 22.2 Å². The van der Waals surface area contributed by atoms with Crippen LogP contribution in [0.5, 0.6) is 0 Å². The van der Waals surface area contributed by atoms with E-state index in [1.54, 1.807) is 12.1 Å². The summed E-state index contributed by atoms with van der Waals surface area (Å²) in [5.41, 5.74) is 3.69. The third kappa shape index (κ3) is 4.12. The Kier molecular flexibility index (Phi) is 5.37. The van der Waals surface area contributed by atoms with Gasteiger partial charge in [-0.15, -0.1) is 6.42 Å². The number of aliphatic hydroxyl groups is 1. The highest BCUT2D eigenvalue weighted by Gasteiger charge is 2.10. The Labute approximate surface area is 173 Å². The average Bonchev–Trinajstić information content (AvgIpc) is 2.79. The van der Waals surface area contributed by atoms with Gasteiger partial charge >= 0.3 is 0 Å². The van der Waals surface area contributed by atoms with E-state index in [0.29, 0.717) is 17.0 Å². The molecule has 0 bridgehead atoms. The van der Waals surface area contributed by atoms with Crippen molar-refractivity contribution in [1.29, 1.82) is 0 Å². The summed E-state index contributed by atoms with van der Waals surface area (Å²) in [4.78, 5) is 20.0. The van der Waals surface area contributed by atoms with Gasteiger partial charge in [-0.3, -0.25) is 4.79 Å². The number of nitrogens with zero attached hydrogens (tertiary/aromatic N) is 2. The molecule has 0 fully saturated rings. The topological polar surface area (TPSA) is 87.1 Å². The number of aromatic nitrogens is 2. The molecule has 1 aromatic heterocycles. The van der Waals surface area contributed by atoms with E-state index in [1.165, 1.54) is 6.33 Å². The molecule has 4 rings (SSSR count). The van der Waals surface area contributed by atoms with E-state index in [1.807, 2.05) is 66.6 Å². The average molecular weight is 394 g/mol. The zero-order chi connectivity index (χ0) is 20.9. The highest BCUT2D eigenvalue weighted by Crippen LogP contribution is 2.27. The van der Waals surface area contributed by atoms with Crippen LogP contribution in [0, 0.1) is 12.3 Å². The van der Waals surface area contributed by atoms with Gasteiger partial charge in [0.15, 0.2) is 0 Å². The number of nitrogens with one attached hydrogen (secondary N) is 2. The number of hydrogen-bond acceptors (Lipinski definition) is 5. The Hall–Kier alpha value is -4.21. The van der Waals surface area contributed by atoms with Crippen LogP contribution in [-0.2, 0) is 4.79 Å². The Morgan fingerprint density at radius 3 is 2.37 bits per heavy atom. The molecule has 0 spiro atoms. The van der Waals surface area contributed by atoms with Gasteiger partial charge in [-0.1, -0.05) is 42.5 Å². The monoisotopic (exact) mass is 394 g/mol. The lowest BCUT2D eigenvalue weighted by Gasteiger charge is -2.13. The maximum atomic E-state index is 11.4. The van der Waals surface area contributed by atoms with Crippen LogP contribution in [0.4, 0.5) is 17.2 Å². The minimum Gasteiger partial charge on any atom is -0.384 e. The van der Waals surface area contributed by atoms with E-state index in [4.69, 9.17) is 6.42 Å². The number of hydrogen-bond donors (Lipinski definition) is 3. The SMILES string of the molecule is C#CC(=O)Nc1ccc2c(Nc3ccc(C(O)c4ccccc4)cc3)ncnc2c1. The van der Waals surface area contributed by atoms with Crippen LogP contribution in [-0.4, -0.2) is 21.0 Å². The first-order valence-electron chi connectivity index (χ1n) is 9.26. The summed E-state index contributed by atoms with van der Waals surface area (Å²) in [5.74, 6) is 2.13. The molecule has 30 heavy (non-hydrogen) atoms. The molecule has 3 aromatic carbocycles. The van der Waals surface area contributed by atoms with E-state index in [2.05, 4.69) is 20.6 Å². The number of carbonyl (C=O) groups is 1. The Bertz CT molecular complexity index is 1230. The summed E-state index contributed by atoms with van der Waals surface area (Å²) >= 11 is 0. The van der Waals surface area contributed by atoms with E-state index >= 15 is 0 Å². The van der Waals surface area contributed by atoms with Gasteiger partial charge in [-0.05, 0) is 47.4 Å². The first-order valence-corrected chi connectivity index (χ1v) is 9.26. The number of aliphatic hydroxyl groups excluding tert-OH is 1. The molecule has 0 aliphatic heterocycles. The number of carbonyl (C=O) groups excluding carboxylic acids is 1. The summed E-state index contributed by atoms with van der Waals surface area (Å²) in [7, 11) is 0. The van der Waals surface area contributed by atoms with Crippen molar-refractivity contribution in [2.24, 2.45) is 0 Å². The summed E-state index contributed by atoms with van der Waals surface area (Å²) in [6.45, 7) is 0. The lowest BCUT2D eigenvalue weighted by molar-refractivity contribution is -0.111. The molecular weight excluding hydrogens is 376 g/mol. The van der Waals surface area contributed by atoms with Crippen molar-refractivity contribution >= 4 is 34.0 Å². The van der Waals surface area contributed by atoms with Crippen molar-refractivity contribution < 1.29 is 9.90 Å². The van der Waals surface area contributed by atoms with Crippen LogP contribution < -0.4 is 10.6 Å². The number of fused-ring (bicyclic) bond motifs is 1. The fourth-order valence-corrected chi connectivity index (χ4v) is 3.11. The van der Waals surface area contributed by atoms with Gasteiger partial charge in [0.2, 0.25) is 0 Å². The van der Waals surface area contributed by atoms with Gasteiger partial charge in [-0.2, -0.15) is 0 Å². The van der Waals surface area contributed by atoms with Crippen molar-refractivity contribution in [3.8, 4) is 12.3 Å². The largest absolute Gasteiger partial charge is 0.384 e. The molecule has 0 radical (unpaired) electrons. The van der Waals surface area contributed by atoms with Crippen LogP contribution in [0.3, 0.4) is 0 Å². The molecule has 0 aliphatic carbocycles. The molecular formula is C24H18N4O2. The van der Waals surface area contributed by atoms with Crippen LogP contribution in [0.2, 0.25) is 0 Å². The summed E-state index contributed by atoms with van der Waals surface area (Å²) in [6.07, 6.45) is 5.86. The maximum Gasteiger partial charge on any atom is 0.300 e. The van der Waals surface area contributed by atoms with E-state index < -0.39 is 12.0 Å². The maximum absolute atomic E-state index is 11.4. The zero-order valence-corrected chi connectivity index (χ0v) is 15.9. The van der Waals surface area contributed by atoms with Crippen molar-refractivity contribution in [3.63, 3.8) is 0 Å². The van der Waals surface area contributed by atoms with Gasteiger partial charge in [0.05, 0.1) is 5.52 Å². The summed E-state index contributed by atoms with van der Waals surface area (Å²) in [6, 6.07) is 22.3. The van der Waals surface area contributed by atoms with Crippen LogP contribution in [0.15, 0.2) is 79.1 Å². The zero-order valence-electron chi connectivity index (χ0n) is 15.9. The first-order chi connectivity index (χ1) is 14.6. The highest BCUT2D eigenvalue weighted by atomic mass is 16.3. The molecule has 4 aromatic rings. The van der Waals surface area contributed by atoms with Crippen LogP contribution >= 0.6 is 0 Å². The van der Waals surface area contributed by atoms with E-state index in [-0.39, 0.29) is 0 Å². The molecule has 3 N–H and O–H groups in total. The number of amides is 1. The van der Waals surface area contributed by atoms with Crippen LogP contribution in [0.1, 0.15) is 17.2 Å². The second kappa shape index (κ2) is 8.43. The third-order valence-corrected chi connectivity index (χ3v) is 4.63. The molecule has 146 valence electrons. The van der Waals surface area contributed by atoms with Gasteiger partial charge in [0.25, 0.3) is 5.91 Å². The second-order valence-electron chi connectivity index (χ2n) is 6.61. The molecule has 6 nitrogen and oxygen atoms in total. The Morgan fingerprint density at radius 2 is 1.63 bits per heavy atom. The molecule has 0 saturated heterocycles. The van der Waals surface area contributed by atoms with Crippen molar-refractivity contribution in [2.45, 2.75) is 6.10 Å². The molecule has 0 aliphatic rings. The van der Waals surface area contributed by atoms with Crippen LogP contribution in [0.25, 0.3) is 10.9 Å². The quantitative estimate of drug-likeness (QED) is 0.445. The highest BCUT2D eigenvalue weighted by molar-refractivity contribution is 6.04. The van der Waals surface area contributed by atoms with E-state index in [9.17, 15) is 9.90 Å². The summed E-state index contributed by atoms with van der Waals surface area (Å²) < 4.78 is 0. The third-order valence-electron chi connectivity index (χ3n) is 4.63. The standard InChI is InChI=1S/C24H18N4O2/c1-2-22(29)27-19-12-13-20-21(14-19)25-15-26-24(20)28-18-10-8-17(9-11-18)23(30)16-6-4-3-5-7-16/h1,3-15,23,30H,(H,27,29)(H,25,26,28). The summed E-state index contributed by atoms with van der Waals surface area (Å²) in [5, 5.41) is 17.2. The second-order valence-corrected chi connectivity index (χ2v) is 6.61. The molecule has 1 heterocycles. The predicted molar refractivity (Wildman–Crippen MR) is 117 cm³/mol. The molecule has 1 atom stereocenters. The lowest BCUT2D eigenvalue weighted by atomic mass is 10.0. The molecule has 0 saturated carbocycles. The lowest BCUT2D eigenvalue weighted by Crippen LogP contribution is -2.08. The Balaban J connectivity index is 1.55. The normalized spacial score (nSPS) is 11.5. The smallest absolute Gasteiger partial charge is 0.300 e. The number of anilines is 3. The number of terminal acetylenes is 1. The van der Waals surface area contributed by atoms with Crippen molar-refractivity contribution in [2.75, 3.05) is 10.6 Å². The molecule has 6 heteroatoms. The van der Waals surface area contributed by atoms with Gasteiger partial charge < -0.3 is 15.7 Å². The first kappa shape index (κ1) is 19.1. The number of rotatable bonds is 5. The fraction of sp³-hybridized carbons (Fsp3) is 0.0417.